The normalized spacial score (nSPS) is 37.1. The van der Waals surface area contributed by atoms with Crippen molar-refractivity contribution in [2.45, 2.75) is 38.8 Å². The summed E-state index contributed by atoms with van der Waals surface area (Å²) in [5, 5.41) is 3.06. The van der Waals surface area contributed by atoms with Crippen molar-refractivity contribution < 1.29 is 9.53 Å². The first kappa shape index (κ1) is 13.8. The fraction of sp³-hybridized carbons (Fsp3) is 0.923. The molecule has 2 aliphatic heterocycles. The fourth-order valence-electron chi connectivity index (χ4n) is 2.88. The molecular weight excluding hydrogens is 230 g/mol. The molecule has 2 aliphatic rings. The zero-order valence-corrected chi connectivity index (χ0v) is 11.4. The molecule has 0 aromatic carbocycles. The van der Waals surface area contributed by atoms with Gasteiger partial charge in [0.15, 0.2) is 0 Å². The van der Waals surface area contributed by atoms with Crippen molar-refractivity contribution in [1.82, 2.24) is 10.2 Å². The van der Waals surface area contributed by atoms with E-state index in [0.717, 1.165) is 19.6 Å². The Morgan fingerprint density at radius 2 is 2.39 bits per heavy atom. The van der Waals surface area contributed by atoms with E-state index in [9.17, 15) is 4.79 Å². The Kier molecular flexibility index (Phi) is 4.25. The van der Waals surface area contributed by atoms with Gasteiger partial charge in [-0.25, -0.2) is 0 Å². The number of nitrogens with zero attached hydrogens (tertiary/aromatic N) is 1. The van der Waals surface area contributed by atoms with Crippen LogP contribution in [0.2, 0.25) is 0 Å². The van der Waals surface area contributed by atoms with Crippen LogP contribution in [0.15, 0.2) is 0 Å². The van der Waals surface area contributed by atoms with E-state index in [-0.39, 0.29) is 11.9 Å². The summed E-state index contributed by atoms with van der Waals surface area (Å²) in [6, 6.07) is 0.296. The lowest BCUT2D eigenvalue weighted by Gasteiger charge is -2.28. The second-order valence-electron chi connectivity index (χ2n) is 5.67. The summed E-state index contributed by atoms with van der Waals surface area (Å²) in [7, 11) is 0. The van der Waals surface area contributed by atoms with Gasteiger partial charge >= 0.3 is 0 Å². The second-order valence-corrected chi connectivity index (χ2v) is 5.67. The number of carbonyl (C=O) groups is 1. The van der Waals surface area contributed by atoms with Crippen LogP contribution in [0.4, 0.5) is 0 Å². The maximum atomic E-state index is 12.2. The summed E-state index contributed by atoms with van der Waals surface area (Å²) in [5.74, 6) is 0.0375. The first-order valence-electron chi connectivity index (χ1n) is 6.93. The molecule has 3 atom stereocenters. The monoisotopic (exact) mass is 255 g/mol. The molecule has 2 fully saturated rings. The van der Waals surface area contributed by atoms with E-state index >= 15 is 0 Å². The van der Waals surface area contributed by atoms with Gasteiger partial charge in [-0.2, -0.15) is 0 Å². The topological polar surface area (TPSA) is 67.6 Å². The first-order chi connectivity index (χ1) is 8.58. The van der Waals surface area contributed by atoms with Crippen molar-refractivity contribution in [1.29, 1.82) is 0 Å². The molecule has 0 spiro atoms. The zero-order valence-electron chi connectivity index (χ0n) is 11.4. The van der Waals surface area contributed by atoms with Gasteiger partial charge in [0.2, 0.25) is 5.91 Å². The van der Waals surface area contributed by atoms with Gasteiger partial charge in [0.25, 0.3) is 0 Å². The third kappa shape index (κ3) is 2.53. The minimum atomic E-state index is -0.560. The highest BCUT2D eigenvalue weighted by atomic mass is 16.5. The van der Waals surface area contributed by atoms with Gasteiger partial charge in [-0.05, 0) is 32.9 Å². The van der Waals surface area contributed by atoms with Crippen molar-refractivity contribution in [2.24, 2.45) is 11.1 Å². The predicted molar refractivity (Wildman–Crippen MR) is 70.2 cm³/mol. The van der Waals surface area contributed by atoms with E-state index in [4.69, 9.17) is 10.5 Å². The average Bonchev–Trinajstić information content (AvgIpc) is 2.94. The van der Waals surface area contributed by atoms with Gasteiger partial charge in [-0.3, -0.25) is 9.69 Å². The summed E-state index contributed by atoms with van der Waals surface area (Å²) in [5.41, 5.74) is 5.40. The molecule has 2 heterocycles. The molecule has 5 nitrogen and oxygen atoms in total. The lowest BCUT2D eigenvalue weighted by atomic mass is 9.85. The highest BCUT2D eigenvalue weighted by Gasteiger charge is 2.44. The summed E-state index contributed by atoms with van der Waals surface area (Å²) >= 11 is 0. The maximum Gasteiger partial charge on any atom is 0.229 e. The molecule has 2 saturated heterocycles. The van der Waals surface area contributed by atoms with Crippen molar-refractivity contribution in [3.8, 4) is 0 Å². The first-order valence-corrected chi connectivity index (χ1v) is 6.93. The number of carbonyl (C=O) groups excluding carboxylic acids is 1. The van der Waals surface area contributed by atoms with Crippen LogP contribution < -0.4 is 11.1 Å². The summed E-state index contributed by atoms with van der Waals surface area (Å²) in [4.78, 5) is 14.7. The van der Waals surface area contributed by atoms with Crippen LogP contribution in [0.1, 0.15) is 26.7 Å². The Balaban J connectivity index is 1.84. The molecule has 0 aliphatic carbocycles. The van der Waals surface area contributed by atoms with Crippen LogP contribution in [0.3, 0.4) is 0 Å². The Bertz CT molecular complexity index is 311. The summed E-state index contributed by atoms with van der Waals surface area (Å²) in [6.07, 6.45) is 2.40. The van der Waals surface area contributed by atoms with Crippen LogP contribution in [0.5, 0.6) is 0 Å². The van der Waals surface area contributed by atoms with Gasteiger partial charge in [0.1, 0.15) is 0 Å². The van der Waals surface area contributed by atoms with E-state index in [2.05, 4.69) is 17.1 Å². The molecule has 0 radical (unpaired) electrons. The Hall–Kier alpha value is -0.650. The minimum Gasteiger partial charge on any atom is -0.379 e. The van der Waals surface area contributed by atoms with E-state index in [1.54, 1.807) is 0 Å². The summed E-state index contributed by atoms with van der Waals surface area (Å²) < 4.78 is 5.31. The molecule has 18 heavy (non-hydrogen) atoms. The Morgan fingerprint density at radius 1 is 1.61 bits per heavy atom. The number of nitrogens with two attached hydrogens (primary N) is 1. The largest absolute Gasteiger partial charge is 0.379 e. The lowest BCUT2D eigenvalue weighted by Crippen LogP contribution is -2.52. The molecule has 0 aromatic heterocycles. The van der Waals surface area contributed by atoms with E-state index in [1.165, 1.54) is 12.8 Å². The van der Waals surface area contributed by atoms with Crippen LogP contribution in [-0.2, 0) is 9.53 Å². The van der Waals surface area contributed by atoms with Crippen LogP contribution in [0, 0.1) is 5.41 Å². The maximum absolute atomic E-state index is 12.2. The molecule has 1 amide bonds. The van der Waals surface area contributed by atoms with Gasteiger partial charge in [-0.1, -0.05) is 6.92 Å². The molecule has 0 saturated carbocycles. The third-order valence-electron chi connectivity index (χ3n) is 4.44. The van der Waals surface area contributed by atoms with Crippen LogP contribution >= 0.6 is 0 Å². The number of nitrogens with one attached hydrogen (secondary N) is 1. The van der Waals surface area contributed by atoms with Crippen LogP contribution in [0.25, 0.3) is 0 Å². The Morgan fingerprint density at radius 3 is 3.00 bits per heavy atom. The highest BCUT2D eigenvalue weighted by Crippen LogP contribution is 2.27. The fourth-order valence-corrected chi connectivity index (χ4v) is 2.88. The molecule has 5 heteroatoms. The zero-order chi connectivity index (χ0) is 13.2. The SMILES string of the molecule is CCN1CCCC1CNC(=O)C1(C)COCC1N. The van der Waals surface area contributed by atoms with Crippen molar-refractivity contribution in [3.63, 3.8) is 0 Å². The average molecular weight is 255 g/mol. The van der Waals surface area contributed by atoms with E-state index < -0.39 is 5.41 Å². The van der Waals surface area contributed by atoms with Gasteiger partial charge in [0.05, 0.1) is 18.6 Å². The second kappa shape index (κ2) is 5.55. The van der Waals surface area contributed by atoms with Gasteiger partial charge in [-0.15, -0.1) is 0 Å². The number of likely N-dealkylation sites (tertiary alicyclic amines) is 1. The lowest BCUT2D eigenvalue weighted by molar-refractivity contribution is -0.130. The molecule has 3 unspecified atom stereocenters. The van der Waals surface area contributed by atoms with Crippen molar-refractivity contribution in [3.05, 3.63) is 0 Å². The Labute approximate surface area is 109 Å². The molecule has 104 valence electrons. The van der Waals surface area contributed by atoms with Gasteiger partial charge < -0.3 is 15.8 Å². The van der Waals surface area contributed by atoms with Gasteiger partial charge in [0, 0.05) is 18.6 Å². The molecule has 2 rings (SSSR count). The smallest absolute Gasteiger partial charge is 0.229 e. The van der Waals surface area contributed by atoms with Crippen molar-refractivity contribution >= 4 is 5.91 Å². The number of hydrogen-bond acceptors (Lipinski definition) is 4. The molecule has 3 N–H and O–H groups in total. The van der Waals surface area contributed by atoms with E-state index in [1.807, 2.05) is 6.92 Å². The predicted octanol–water partition coefficient (Wildman–Crippen LogP) is -0.0493. The van der Waals surface area contributed by atoms with Crippen LogP contribution in [-0.4, -0.2) is 55.7 Å². The molecular formula is C13H25N3O2. The third-order valence-corrected chi connectivity index (χ3v) is 4.44. The number of ether oxygens (including phenoxy) is 1. The molecule has 0 bridgehead atoms. The van der Waals surface area contributed by atoms with E-state index in [0.29, 0.717) is 19.3 Å². The number of hydrogen-bond donors (Lipinski definition) is 2. The standard InChI is InChI=1S/C13H25N3O2/c1-3-16-6-4-5-10(16)7-15-12(17)13(2)9-18-8-11(13)14/h10-11H,3-9,14H2,1-2H3,(H,15,17). The number of amides is 1. The minimum absolute atomic E-state index is 0.0375. The highest BCUT2D eigenvalue weighted by molar-refractivity contribution is 5.83. The number of rotatable bonds is 4. The van der Waals surface area contributed by atoms with Crippen molar-refractivity contribution in [2.75, 3.05) is 32.8 Å². The number of likely N-dealkylation sites (N-methyl/N-ethyl adjacent to an activating group) is 1. The summed E-state index contributed by atoms with van der Waals surface area (Å²) in [6.45, 7) is 7.91. The molecule has 0 aromatic rings. The quantitative estimate of drug-likeness (QED) is 0.739.